The number of carbonyl (C=O) groups is 2. The van der Waals surface area contributed by atoms with E-state index < -0.39 is 11.6 Å². The Bertz CT molecular complexity index is 1180. The first-order valence-electron chi connectivity index (χ1n) is 13.0. The summed E-state index contributed by atoms with van der Waals surface area (Å²) >= 11 is 5.97. The predicted molar refractivity (Wildman–Crippen MR) is 154 cm³/mol. The van der Waals surface area contributed by atoms with Crippen LogP contribution in [0.5, 0.6) is 0 Å². The number of hydrogen-bond donors (Lipinski definition) is 4. The summed E-state index contributed by atoms with van der Waals surface area (Å²) in [6, 6.07) is 27.6. The van der Waals surface area contributed by atoms with Gasteiger partial charge in [-0.2, -0.15) is 0 Å². The molecule has 0 spiro atoms. The Kier molecular flexibility index (Phi) is 9.71. The second kappa shape index (κ2) is 13.4. The van der Waals surface area contributed by atoms with Crippen molar-refractivity contribution in [1.82, 2.24) is 16.0 Å². The molecule has 2 atom stereocenters. The molecule has 0 aliphatic carbocycles. The molecule has 3 aromatic carbocycles. The Hall–Kier alpha value is -3.45. The molecule has 4 rings (SSSR count). The Balaban J connectivity index is 1.61. The summed E-state index contributed by atoms with van der Waals surface area (Å²) in [5.74, 6) is -0.184. The zero-order valence-electron chi connectivity index (χ0n) is 21.4. The molecule has 0 radical (unpaired) electrons. The van der Waals surface area contributed by atoms with E-state index in [9.17, 15) is 9.59 Å². The van der Waals surface area contributed by atoms with E-state index in [4.69, 9.17) is 17.3 Å². The van der Waals surface area contributed by atoms with E-state index in [0.29, 0.717) is 43.9 Å². The SMILES string of the molecule is NCC[C@@H]1N[C@@](CNC(=O)/C=C/c2ccc(Cl)cc2)(CC(c2ccccc2)c2ccccc2)CCNC1=O. The van der Waals surface area contributed by atoms with Crippen molar-refractivity contribution in [1.29, 1.82) is 0 Å². The fourth-order valence-electron chi connectivity index (χ4n) is 5.05. The van der Waals surface area contributed by atoms with E-state index in [1.807, 2.05) is 48.5 Å². The molecule has 0 aromatic heterocycles. The van der Waals surface area contributed by atoms with Crippen molar-refractivity contribution < 1.29 is 9.59 Å². The molecule has 3 aromatic rings. The molecule has 2 amide bonds. The van der Waals surface area contributed by atoms with Gasteiger partial charge in [0.05, 0.1) is 6.04 Å². The smallest absolute Gasteiger partial charge is 0.244 e. The topological polar surface area (TPSA) is 96.2 Å². The molecule has 38 heavy (non-hydrogen) atoms. The molecular weight excluding hydrogens is 496 g/mol. The molecule has 1 aliphatic heterocycles. The van der Waals surface area contributed by atoms with Crippen LogP contribution >= 0.6 is 11.6 Å². The number of nitrogens with one attached hydrogen (secondary N) is 3. The van der Waals surface area contributed by atoms with Crippen LogP contribution in [-0.2, 0) is 9.59 Å². The van der Waals surface area contributed by atoms with E-state index in [0.717, 1.165) is 5.56 Å². The molecule has 0 bridgehead atoms. The normalized spacial score (nSPS) is 19.8. The number of nitrogens with two attached hydrogens (primary N) is 1. The molecule has 0 saturated carbocycles. The van der Waals surface area contributed by atoms with Crippen molar-refractivity contribution in [3.05, 3.63) is 113 Å². The lowest BCUT2D eigenvalue weighted by molar-refractivity contribution is -0.123. The van der Waals surface area contributed by atoms with Crippen molar-refractivity contribution in [2.45, 2.75) is 36.8 Å². The molecule has 1 fully saturated rings. The Morgan fingerprint density at radius 2 is 1.66 bits per heavy atom. The zero-order valence-corrected chi connectivity index (χ0v) is 22.2. The highest BCUT2D eigenvalue weighted by Gasteiger charge is 2.39. The molecular formula is C31H35ClN4O2. The van der Waals surface area contributed by atoms with Gasteiger partial charge >= 0.3 is 0 Å². The maximum Gasteiger partial charge on any atom is 0.244 e. The molecule has 6 nitrogen and oxygen atoms in total. The average Bonchev–Trinajstić information content (AvgIpc) is 3.10. The fraction of sp³-hybridized carbons (Fsp3) is 0.290. The van der Waals surface area contributed by atoms with Crippen LogP contribution in [0.15, 0.2) is 91.0 Å². The fourth-order valence-corrected chi connectivity index (χ4v) is 5.17. The number of amides is 2. The lowest BCUT2D eigenvalue weighted by atomic mass is 9.77. The van der Waals surface area contributed by atoms with E-state index in [2.05, 4.69) is 40.2 Å². The first-order valence-corrected chi connectivity index (χ1v) is 13.4. The van der Waals surface area contributed by atoms with Gasteiger partial charge in [0, 0.05) is 35.6 Å². The molecule has 5 N–H and O–H groups in total. The van der Waals surface area contributed by atoms with Crippen LogP contribution in [0.25, 0.3) is 6.08 Å². The minimum absolute atomic E-state index is 0.0535. The first-order chi connectivity index (χ1) is 18.5. The van der Waals surface area contributed by atoms with Gasteiger partial charge in [0.1, 0.15) is 0 Å². The van der Waals surface area contributed by atoms with Gasteiger partial charge in [-0.1, -0.05) is 84.4 Å². The van der Waals surface area contributed by atoms with E-state index >= 15 is 0 Å². The number of carbonyl (C=O) groups excluding carboxylic acids is 2. The maximum atomic E-state index is 12.9. The van der Waals surface area contributed by atoms with Crippen molar-refractivity contribution in [3.63, 3.8) is 0 Å². The highest BCUT2D eigenvalue weighted by molar-refractivity contribution is 6.30. The van der Waals surface area contributed by atoms with Gasteiger partial charge in [0.25, 0.3) is 0 Å². The third-order valence-corrected chi connectivity index (χ3v) is 7.30. The van der Waals surface area contributed by atoms with E-state index in [1.165, 1.54) is 17.2 Å². The van der Waals surface area contributed by atoms with Gasteiger partial charge < -0.3 is 16.4 Å². The first kappa shape index (κ1) is 27.6. The zero-order chi connectivity index (χ0) is 26.8. The highest BCUT2D eigenvalue weighted by Crippen LogP contribution is 2.35. The minimum atomic E-state index is -0.543. The van der Waals surface area contributed by atoms with Crippen LogP contribution in [0, 0.1) is 0 Å². The minimum Gasteiger partial charge on any atom is -0.355 e. The lowest BCUT2D eigenvalue weighted by Crippen LogP contribution is -2.58. The molecule has 7 heteroatoms. The average molecular weight is 531 g/mol. The second-order valence-corrected chi connectivity index (χ2v) is 10.2. The van der Waals surface area contributed by atoms with Gasteiger partial charge in [0.2, 0.25) is 11.8 Å². The van der Waals surface area contributed by atoms with Gasteiger partial charge in [-0.05, 0) is 60.7 Å². The van der Waals surface area contributed by atoms with Gasteiger partial charge in [-0.25, -0.2) is 0 Å². The highest BCUT2D eigenvalue weighted by atomic mass is 35.5. The monoisotopic (exact) mass is 530 g/mol. The van der Waals surface area contributed by atoms with Gasteiger partial charge in [-0.3, -0.25) is 14.9 Å². The Morgan fingerprint density at radius 3 is 2.26 bits per heavy atom. The number of benzene rings is 3. The van der Waals surface area contributed by atoms with Crippen molar-refractivity contribution in [2.75, 3.05) is 19.6 Å². The molecule has 0 unspecified atom stereocenters. The Morgan fingerprint density at radius 1 is 1.03 bits per heavy atom. The number of hydrogen-bond acceptors (Lipinski definition) is 4. The predicted octanol–water partition coefficient (Wildman–Crippen LogP) is 4.26. The van der Waals surface area contributed by atoms with Crippen molar-refractivity contribution in [2.24, 2.45) is 5.73 Å². The summed E-state index contributed by atoms with van der Waals surface area (Å²) in [5.41, 5.74) is 8.58. The molecule has 198 valence electrons. The second-order valence-electron chi connectivity index (χ2n) is 9.78. The van der Waals surface area contributed by atoms with Crippen LogP contribution in [0.2, 0.25) is 5.02 Å². The summed E-state index contributed by atoms with van der Waals surface area (Å²) in [4.78, 5) is 25.7. The van der Waals surface area contributed by atoms with Crippen molar-refractivity contribution >= 4 is 29.5 Å². The molecule has 1 saturated heterocycles. The maximum absolute atomic E-state index is 12.9. The van der Waals surface area contributed by atoms with Crippen molar-refractivity contribution in [3.8, 4) is 0 Å². The summed E-state index contributed by atoms with van der Waals surface area (Å²) in [7, 11) is 0. The largest absolute Gasteiger partial charge is 0.355 e. The van der Waals surface area contributed by atoms with Crippen LogP contribution in [-0.4, -0.2) is 43.0 Å². The Labute approximate surface area is 229 Å². The summed E-state index contributed by atoms with van der Waals surface area (Å²) in [5, 5.41) is 10.4. The summed E-state index contributed by atoms with van der Waals surface area (Å²) < 4.78 is 0. The van der Waals surface area contributed by atoms with Gasteiger partial charge in [0.15, 0.2) is 0 Å². The number of halogens is 1. The third-order valence-electron chi connectivity index (χ3n) is 7.05. The third kappa shape index (κ3) is 7.54. The van der Waals surface area contributed by atoms with Crippen LogP contribution in [0.4, 0.5) is 0 Å². The standard InChI is InChI=1S/C31H35ClN4O2/c32-26-14-11-23(12-15-26)13-16-29(37)35-22-31(18-20-34-30(38)28(36-31)17-19-33)21-27(24-7-3-1-4-8-24)25-9-5-2-6-10-25/h1-16,27-28,36H,17-22,33H2,(H,34,38)(H,35,37)/b16-13+/t28-,31+/m0/s1. The quantitative estimate of drug-likeness (QED) is 0.294. The lowest BCUT2D eigenvalue weighted by Gasteiger charge is -2.39. The van der Waals surface area contributed by atoms with E-state index in [1.54, 1.807) is 18.2 Å². The summed E-state index contributed by atoms with van der Waals surface area (Å²) in [6.07, 6.45) is 5.16. The van der Waals surface area contributed by atoms with Crippen LogP contribution in [0.1, 0.15) is 41.9 Å². The number of rotatable bonds is 10. The molecule has 1 aliphatic rings. The van der Waals surface area contributed by atoms with Gasteiger partial charge in [-0.15, -0.1) is 0 Å². The van der Waals surface area contributed by atoms with E-state index in [-0.39, 0.29) is 17.7 Å². The van der Waals surface area contributed by atoms with Crippen LogP contribution < -0.4 is 21.7 Å². The summed E-state index contributed by atoms with van der Waals surface area (Å²) in [6.45, 7) is 1.26. The molecule has 1 heterocycles. The van der Waals surface area contributed by atoms with Crippen LogP contribution in [0.3, 0.4) is 0 Å².